The molecule has 7 nitrogen and oxygen atoms in total. The summed E-state index contributed by atoms with van der Waals surface area (Å²) in [5, 5.41) is 22.3. The fourth-order valence-corrected chi connectivity index (χ4v) is 4.06. The largest absolute Gasteiger partial charge is 0.479 e. The molecule has 3 N–H and O–H groups in total. The molecular formula is C16H16N2O5S. The molecule has 0 bridgehead atoms. The molecule has 0 radical (unpaired) electrons. The molecule has 2 aliphatic heterocycles. The Balaban J connectivity index is 1.68. The lowest BCUT2D eigenvalue weighted by Gasteiger charge is -2.51. The maximum absolute atomic E-state index is 12.3. The number of rotatable bonds is 5. The van der Waals surface area contributed by atoms with E-state index in [0.717, 1.165) is 5.56 Å². The number of nitrogens with zero attached hydrogens (tertiary/aromatic N) is 1. The summed E-state index contributed by atoms with van der Waals surface area (Å²) in [5.74, 6) is -1.92. The lowest BCUT2D eigenvalue weighted by Crippen LogP contribution is -2.74. The van der Waals surface area contributed by atoms with Gasteiger partial charge in [-0.15, -0.1) is 11.8 Å². The summed E-state index contributed by atoms with van der Waals surface area (Å²) in [6.45, 7) is -0.425. The summed E-state index contributed by atoms with van der Waals surface area (Å²) in [6.07, 6.45) is 0.155. The number of thioether (sulfide) groups is 1. The van der Waals surface area contributed by atoms with Crippen LogP contribution < -0.4 is 5.32 Å². The zero-order valence-corrected chi connectivity index (χ0v) is 13.4. The quantitative estimate of drug-likeness (QED) is 0.645. The van der Waals surface area contributed by atoms with E-state index in [9.17, 15) is 24.6 Å². The minimum atomic E-state index is -1.19. The number of benzene rings is 1. The topological polar surface area (TPSA) is 107 Å². The monoisotopic (exact) mass is 348 g/mol. The third-order valence-corrected chi connectivity index (χ3v) is 5.23. The van der Waals surface area contributed by atoms with Gasteiger partial charge >= 0.3 is 5.97 Å². The molecule has 1 saturated heterocycles. The molecule has 1 aromatic rings. The molecule has 0 aromatic heterocycles. The van der Waals surface area contributed by atoms with E-state index in [1.807, 2.05) is 30.3 Å². The second-order valence-corrected chi connectivity index (χ2v) is 6.56. The number of hydrogen-bond donors (Lipinski definition) is 3. The smallest absolute Gasteiger partial charge is 0.330 e. The maximum atomic E-state index is 12.3. The molecule has 8 heteroatoms. The van der Waals surface area contributed by atoms with Gasteiger partial charge in [-0.2, -0.15) is 0 Å². The van der Waals surface area contributed by atoms with E-state index in [2.05, 4.69) is 5.32 Å². The summed E-state index contributed by atoms with van der Waals surface area (Å²) in [7, 11) is 0. The second kappa shape index (κ2) is 6.66. The molecular weight excluding hydrogens is 332 g/mol. The molecule has 0 aliphatic carbocycles. The molecule has 0 spiro atoms. The number of carboxylic acid groups (broad SMARTS) is 1. The van der Waals surface area contributed by atoms with Crippen LogP contribution in [0.1, 0.15) is 5.56 Å². The normalized spacial score (nSPS) is 25.4. The van der Waals surface area contributed by atoms with Crippen molar-refractivity contribution in [3.05, 3.63) is 46.9 Å². The van der Waals surface area contributed by atoms with Crippen molar-refractivity contribution in [1.29, 1.82) is 0 Å². The number of aliphatic carboxylic acids is 1. The fourth-order valence-electron chi connectivity index (χ4n) is 2.85. The number of hydrogen-bond acceptors (Lipinski definition) is 5. The summed E-state index contributed by atoms with van der Waals surface area (Å²) in [4.78, 5) is 37.0. The van der Waals surface area contributed by atoms with Gasteiger partial charge in [0.25, 0.3) is 0 Å². The highest BCUT2D eigenvalue weighted by Crippen LogP contribution is 2.39. The number of fused-ring (bicyclic) bond motifs is 1. The van der Waals surface area contributed by atoms with Gasteiger partial charge in [0, 0.05) is 0 Å². The Morgan fingerprint density at radius 3 is 2.58 bits per heavy atom. The Morgan fingerprint density at radius 1 is 1.25 bits per heavy atom. The number of nitrogens with one attached hydrogen (secondary N) is 1. The highest BCUT2D eigenvalue weighted by Gasteiger charge is 2.55. The Hall–Kier alpha value is -2.32. The molecule has 2 aliphatic rings. The molecule has 2 heterocycles. The van der Waals surface area contributed by atoms with Gasteiger partial charge in [-0.25, -0.2) is 4.79 Å². The van der Waals surface area contributed by atoms with Crippen LogP contribution >= 0.6 is 11.8 Å². The Labute approximate surface area is 142 Å². The molecule has 1 aromatic carbocycles. The van der Waals surface area contributed by atoms with Crippen molar-refractivity contribution in [2.75, 3.05) is 6.61 Å². The van der Waals surface area contributed by atoms with Crippen LogP contribution in [0.2, 0.25) is 0 Å². The van der Waals surface area contributed by atoms with Crippen LogP contribution in [0.15, 0.2) is 41.3 Å². The molecule has 24 heavy (non-hydrogen) atoms. The van der Waals surface area contributed by atoms with Crippen molar-refractivity contribution in [2.45, 2.75) is 23.9 Å². The average Bonchev–Trinajstić information content (AvgIpc) is 2.58. The molecule has 3 rings (SSSR count). The minimum Gasteiger partial charge on any atom is -0.479 e. The summed E-state index contributed by atoms with van der Waals surface area (Å²) in [6, 6.07) is 7.23. The zero-order chi connectivity index (χ0) is 17.3. The van der Waals surface area contributed by atoms with E-state index in [4.69, 9.17) is 0 Å². The molecule has 1 unspecified atom stereocenters. The molecule has 0 saturated carbocycles. The van der Waals surface area contributed by atoms with Gasteiger partial charge in [0.1, 0.15) is 11.4 Å². The first kappa shape index (κ1) is 16.5. The molecule has 2 amide bonds. The highest BCUT2D eigenvalue weighted by molar-refractivity contribution is 8.02. The van der Waals surface area contributed by atoms with E-state index in [0.29, 0.717) is 0 Å². The van der Waals surface area contributed by atoms with Gasteiger partial charge in [0.05, 0.1) is 13.0 Å². The summed E-state index contributed by atoms with van der Waals surface area (Å²) < 4.78 is 0. The van der Waals surface area contributed by atoms with E-state index >= 15 is 0 Å². The first-order valence-electron chi connectivity index (χ1n) is 7.36. The third-order valence-electron chi connectivity index (χ3n) is 4.01. The van der Waals surface area contributed by atoms with Crippen molar-refractivity contribution in [2.24, 2.45) is 0 Å². The van der Waals surface area contributed by atoms with Crippen molar-refractivity contribution in [1.82, 2.24) is 10.2 Å². The van der Waals surface area contributed by atoms with Gasteiger partial charge in [0.2, 0.25) is 11.8 Å². The van der Waals surface area contributed by atoms with Crippen LogP contribution in [0.5, 0.6) is 0 Å². The second-order valence-electron chi connectivity index (χ2n) is 5.57. The van der Waals surface area contributed by atoms with Gasteiger partial charge in [-0.1, -0.05) is 30.3 Å². The zero-order valence-electron chi connectivity index (χ0n) is 12.6. The van der Waals surface area contributed by atoms with E-state index in [1.54, 1.807) is 5.41 Å². The lowest BCUT2D eigenvalue weighted by atomic mass is 9.98. The number of aliphatic hydroxyl groups excluding tert-OH is 1. The van der Waals surface area contributed by atoms with Gasteiger partial charge in [0.15, 0.2) is 6.04 Å². The number of carbonyl (C=O) groups excluding carboxylic acids is 2. The molecule has 1 fully saturated rings. The van der Waals surface area contributed by atoms with Crippen LogP contribution in [-0.2, 0) is 20.8 Å². The van der Waals surface area contributed by atoms with Crippen LogP contribution in [0.25, 0.3) is 0 Å². The van der Waals surface area contributed by atoms with E-state index < -0.39 is 35.9 Å². The maximum Gasteiger partial charge on any atom is 0.330 e. The van der Waals surface area contributed by atoms with Gasteiger partial charge in [-0.05, 0) is 16.5 Å². The van der Waals surface area contributed by atoms with Crippen LogP contribution in [0.3, 0.4) is 0 Å². The number of carbonyl (C=O) groups is 3. The molecule has 126 valence electrons. The van der Waals surface area contributed by atoms with Crippen LogP contribution in [0.4, 0.5) is 0 Å². The first-order valence-corrected chi connectivity index (χ1v) is 8.30. The summed E-state index contributed by atoms with van der Waals surface area (Å²) >= 11 is 1.23. The number of β-lactam (4-membered cyclic amide) rings is 1. The van der Waals surface area contributed by atoms with Crippen molar-refractivity contribution < 1.29 is 24.6 Å². The Kier molecular flexibility index (Phi) is 4.59. The number of amides is 2. The van der Waals surface area contributed by atoms with E-state index in [-0.39, 0.29) is 17.9 Å². The minimum absolute atomic E-state index is 0.155. The number of carboxylic acids is 1. The van der Waals surface area contributed by atoms with Crippen molar-refractivity contribution in [3.8, 4) is 0 Å². The highest BCUT2D eigenvalue weighted by atomic mass is 32.2. The molecule has 3 atom stereocenters. The van der Waals surface area contributed by atoms with Crippen LogP contribution in [0, 0.1) is 0 Å². The van der Waals surface area contributed by atoms with Crippen LogP contribution in [-0.4, -0.2) is 57.0 Å². The predicted octanol–water partition coefficient (Wildman–Crippen LogP) is -0.0416. The average molecular weight is 348 g/mol. The van der Waals surface area contributed by atoms with Gasteiger partial charge in [-0.3, -0.25) is 9.59 Å². The van der Waals surface area contributed by atoms with Crippen molar-refractivity contribution >= 4 is 29.5 Å². The Morgan fingerprint density at radius 2 is 1.96 bits per heavy atom. The predicted molar refractivity (Wildman–Crippen MR) is 86.9 cm³/mol. The SMILES string of the molecule is O=C(Cc1ccccc1)N[C@@H]1C(=O)N2C(C(=O)O)C(CO)=CS[C@H]12. The van der Waals surface area contributed by atoms with Gasteiger partial charge < -0.3 is 20.4 Å². The Bertz CT molecular complexity index is 706. The van der Waals surface area contributed by atoms with E-state index in [1.165, 1.54) is 16.7 Å². The lowest BCUT2D eigenvalue weighted by molar-refractivity contribution is -0.160. The first-order chi connectivity index (χ1) is 11.5. The van der Waals surface area contributed by atoms with Crippen molar-refractivity contribution in [3.63, 3.8) is 0 Å². The third kappa shape index (κ3) is 2.90. The number of aliphatic hydroxyl groups is 1. The summed E-state index contributed by atoms with van der Waals surface area (Å²) in [5.41, 5.74) is 1.10. The standard InChI is InChI=1S/C16H16N2O5S/c19-7-10-8-24-15-12(14(21)18(15)13(10)16(22)23)17-11(20)6-9-4-2-1-3-5-9/h1-5,8,12-13,15,19H,6-7H2,(H,17,20)(H,22,23)/t12-,13?,15-/m1/s1. The fraction of sp³-hybridized carbons (Fsp3) is 0.312.